The minimum Gasteiger partial charge on any atom is -0.313 e. The predicted octanol–water partition coefficient (Wildman–Crippen LogP) is 1.57. The van der Waals surface area contributed by atoms with Gasteiger partial charge in [0.25, 0.3) is 0 Å². The second-order valence-electron chi connectivity index (χ2n) is 4.29. The normalized spacial score (nSPS) is 25.7. The lowest BCUT2D eigenvalue weighted by molar-refractivity contribution is 0.545. The summed E-state index contributed by atoms with van der Waals surface area (Å²) in [7, 11) is 0. The van der Waals surface area contributed by atoms with Crippen molar-refractivity contribution >= 4 is 0 Å². The van der Waals surface area contributed by atoms with Crippen LogP contribution in [-0.4, -0.2) is 25.2 Å². The molecule has 1 aliphatic heterocycles. The topological polar surface area (TPSA) is 24.1 Å². The van der Waals surface area contributed by atoms with Gasteiger partial charge < -0.3 is 10.6 Å². The molecule has 1 aromatic rings. The summed E-state index contributed by atoms with van der Waals surface area (Å²) in [5, 5.41) is 7.08. The minimum absolute atomic E-state index is 0.649. The Morgan fingerprint density at radius 3 is 2.87 bits per heavy atom. The number of hydrogen-bond acceptors (Lipinski definition) is 2. The van der Waals surface area contributed by atoms with Gasteiger partial charge in [-0.1, -0.05) is 37.3 Å². The molecule has 2 rings (SSSR count). The highest BCUT2D eigenvalue weighted by Crippen LogP contribution is 2.12. The Hall–Kier alpha value is -0.860. The van der Waals surface area contributed by atoms with Gasteiger partial charge >= 0.3 is 0 Å². The zero-order chi connectivity index (χ0) is 10.5. The van der Waals surface area contributed by atoms with E-state index in [1.807, 2.05) is 0 Å². The largest absolute Gasteiger partial charge is 0.313 e. The molecule has 2 unspecified atom stereocenters. The summed E-state index contributed by atoms with van der Waals surface area (Å²) < 4.78 is 0. The highest BCUT2D eigenvalue weighted by atomic mass is 15.0. The van der Waals surface area contributed by atoms with Crippen molar-refractivity contribution in [2.24, 2.45) is 0 Å². The van der Waals surface area contributed by atoms with Crippen molar-refractivity contribution in [1.29, 1.82) is 0 Å². The van der Waals surface area contributed by atoms with Gasteiger partial charge in [0, 0.05) is 18.6 Å². The van der Waals surface area contributed by atoms with Crippen LogP contribution >= 0.6 is 0 Å². The molecule has 2 heteroatoms. The van der Waals surface area contributed by atoms with Crippen molar-refractivity contribution in [2.75, 3.05) is 13.1 Å². The fraction of sp³-hybridized carbons (Fsp3) is 0.538. The number of hydrogen-bond donors (Lipinski definition) is 2. The predicted molar refractivity (Wildman–Crippen MR) is 64.0 cm³/mol. The summed E-state index contributed by atoms with van der Waals surface area (Å²) in [5.41, 5.74) is 1.44. The molecule has 82 valence electrons. The van der Waals surface area contributed by atoms with Gasteiger partial charge in [-0.25, -0.2) is 0 Å². The molecule has 0 bridgehead atoms. The molecule has 15 heavy (non-hydrogen) atoms. The summed E-state index contributed by atoms with van der Waals surface area (Å²) in [6.45, 7) is 4.36. The molecule has 0 aromatic heterocycles. The first-order valence-electron chi connectivity index (χ1n) is 5.89. The van der Waals surface area contributed by atoms with Crippen LogP contribution in [0, 0.1) is 0 Å². The van der Waals surface area contributed by atoms with E-state index in [-0.39, 0.29) is 0 Å². The van der Waals surface area contributed by atoms with Crippen molar-refractivity contribution in [3.05, 3.63) is 35.9 Å². The van der Waals surface area contributed by atoms with Gasteiger partial charge in [0.1, 0.15) is 0 Å². The van der Waals surface area contributed by atoms with Crippen LogP contribution in [0.15, 0.2) is 30.3 Å². The smallest absolute Gasteiger partial charge is 0.0207 e. The molecule has 2 nitrogen and oxygen atoms in total. The quantitative estimate of drug-likeness (QED) is 0.778. The van der Waals surface area contributed by atoms with Gasteiger partial charge in [-0.05, 0) is 24.9 Å². The number of benzene rings is 1. The Morgan fingerprint density at radius 1 is 1.33 bits per heavy atom. The fourth-order valence-electron chi connectivity index (χ4n) is 2.32. The molecule has 2 atom stereocenters. The van der Waals surface area contributed by atoms with Gasteiger partial charge in [0.2, 0.25) is 0 Å². The molecule has 0 saturated carbocycles. The molecule has 1 aliphatic rings. The van der Waals surface area contributed by atoms with E-state index in [2.05, 4.69) is 47.9 Å². The van der Waals surface area contributed by atoms with E-state index in [1.54, 1.807) is 0 Å². The molecular formula is C13H20N2. The third kappa shape index (κ3) is 3.05. The summed E-state index contributed by atoms with van der Waals surface area (Å²) in [5.74, 6) is 0. The Bertz CT molecular complexity index is 284. The van der Waals surface area contributed by atoms with Gasteiger partial charge in [-0.3, -0.25) is 0 Å². The van der Waals surface area contributed by atoms with E-state index in [1.165, 1.54) is 12.0 Å². The van der Waals surface area contributed by atoms with Gasteiger partial charge in [0.05, 0.1) is 0 Å². The lowest BCUT2D eigenvalue weighted by atomic mass is 10.0. The van der Waals surface area contributed by atoms with Crippen LogP contribution in [0.5, 0.6) is 0 Å². The van der Waals surface area contributed by atoms with Crippen LogP contribution in [0.4, 0.5) is 0 Å². The Balaban J connectivity index is 1.82. The van der Waals surface area contributed by atoms with E-state index in [0.29, 0.717) is 12.1 Å². The van der Waals surface area contributed by atoms with Crippen molar-refractivity contribution < 1.29 is 0 Å². The summed E-state index contributed by atoms with van der Waals surface area (Å²) >= 11 is 0. The molecule has 1 saturated heterocycles. The third-order valence-corrected chi connectivity index (χ3v) is 3.04. The molecule has 0 spiro atoms. The Kier molecular flexibility index (Phi) is 3.75. The number of nitrogens with one attached hydrogen (secondary N) is 2. The van der Waals surface area contributed by atoms with E-state index in [0.717, 1.165) is 19.5 Å². The van der Waals surface area contributed by atoms with Crippen molar-refractivity contribution in [2.45, 2.75) is 31.8 Å². The standard InChI is InChI=1S/C13H20N2/c1-2-14-13-9-12(15-10-13)8-11-6-4-3-5-7-11/h3-7,12-15H,2,8-10H2,1H3. The highest BCUT2D eigenvalue weighted by Gasteiger charge is 2.22. The lowest BCUT2D eigenvalue weighted by Crippen LogP contribution is -2.30. The molecule has 0 radical (unpaired) electrons. The molecular weight excluding hydrogens is 184 g/mol. The number of likely N-dealkylation sites (N-methyl/N-ethyl adjacent to an activating group) is 1. The molecule has 1 aromatic carbocycles. The molecule has 0 amide bonds. The summed E-state index contributed by atoms with van der Waals surface area (Å²) in [4.78, 5) is 0. The Morgan fingerprint density at radius 2 is 2.13 bits per heavy atom. The first-order chi connectivity index (χ1) is 7.38. The van der Waals surface area contributed by atoms with Crippen molar-refractivity contribution in [3.8, 4) is 0 Å². The second-order valence-corrected chi connectivity index (χ2v) is 4.29. The summed E-state index contributed by atoms with van der Waals surface area (Å²) in [6.07, 6.45) is 2.41. The van der Waals surface area contributed by atoms with Crippen LogP contribution in [0.2, 0.25) is 0 Å². The van der Waals surface area contributed by atoms with E-state index >= 15 is 0 Å². The summed E-state index contributed by atoms with van der Waals surface area (Å²) in [6, 6.07) is 12.1. The Labute approximate surface area is 92.1 Å². The average molecular weight is 204 g/mol. The number of rotatable bonds is 4. The fourth-order valence-corrected chi connectivity index (χ4v) is 2.32. The maximum atomic E-state index is 3.58. The monoisotopic (exact) mass is 204 g/mol. The highest BCUT2D eigenvalue weighted by molar-refractivity contribution is 5.16. The maximum absolute atomic E-state index is 3.58. The molecule has 1 heterocycles. The van der Waals surface area contributed by atoms with Crippen LogP contribution in [0.25, 0.3) is 0 Å². The minimum atomic E-state index is 0.649. The van der Waals surface area contributed by atoms with E-state index in [4.69, 9.17) is 0 Å². The molecule has 1 fully saturated rings. The van der Waals surface area contributed by atoms with Gasteiger partial charge in [0.15, 0.2) is 0 Å². The average Bonchev–Trinajstić information content (AvgIpc) is 2.68. The SMILES string of the molecule is CCNC1CNC(Cc2ccccc2)C1. The van der Waals surface area contributed by atoms with Crippen LogP contribution in [0.1, 0.15) is 18.9 Å². The van der Waals surface area contributed by atoms with Gasteiger partial charge in [-0.2, -0.15) is 0 Å². The zero-order valence-electron chi connectivity index (χ0n) is 9.37. The first-order valence-corrected chi connectivity index (χ1v) is 5.89. The third-order valence-electron chi connectivity index (χ3n) is 3.04. The first kappa shape index (κ1) is 10.7. The lowest BCUT2D eigenvalue weighted by Gasteiger charge is -2.11. The van der Waals surface area contributed by atoms with Crippen LogP contribution in [-0.2, 0) is 6.42 Å². The van der Waals surface area contributed by atoms with E-state index < -0.39 is 0 Å². The van der Waals surface area contributed by atoms with Crippen LogP contribution in [0.3, 0.4) is 0 Å². The maximum Gasteiger partial charge on any atom is 0.0207 e. The van der Waals surface area contributed by atoms with Crippen molar-refractivity contribution in [1.82, 2.24) is 10.6 Å². The van der Waals surface area contributed by atoms with Crippen LogP contribution < -0.4 is 10.6 Å². The molecule has 2 N–H and O–H groups in total. The zero-order valence-corrected chi connectivity index (χ0v) is 9.37. The molecule has 0 aliphatic carbocycles. The van der Waals surface area contributed by atoms with E-state index in [9.17, 15) is 0 Å². The van der Waals surface area contributed by atoms with Gasteiger partial charge in [-0.15, -0.1) is 0 Å². The second kappa shape index (κ2) is 5.29. The van der Waals surface area contributed by atoms with Crippen molar-refractivity contribution in [3.63, 3.8) is 0 Å².